The fraction of sp³-hybridized carbons (Fsp3) is 0.556. The van der Waals surface area contributed by atoms with Gasteiger partial charge in [-0.15, -0.1) is 0 Å². The van der Waals surface area contributed by atoms with Crippen molar-refractivity contribution in [2.75, 3.05) is 13.7 Å². The molecule has 4 heteroatoms. The summed E-state index contributed by atoms with van der Waals surface area (Å²) in [5.74, 6) is 0.970. The maximum atomic E-state index is 11.3. The lowest BCUT2D eigenvalue weighted by atomic mass is 10.2. The first-order chi connectivity index (χ1) is 6.24. The molecule has 1 rings (SSSR count). The van der Waals surface area contributed by atoms with E-state index in [9.17, 15) is 4.79 Å². The fourth-order valence-corrected chi connectivity index (χ4v) is 1.05. The molecule has 0 saturated carbocycles. The molecule has 1 aromatic heterocycles. The molecule has 0 aliphatic carbocycles. The van der Waals surface area contributed by atoms with Crippen LogP contribution >= 0.6 is 0 Å². The molecule has 0 radical (unpaired) electrons. The summed E-state index contributed by atoms with van der Waals surface area (Å²) < 4.78 is 6.67. The average Bonchev–Trinajstić information content (AvgIpc) is 2.48. The quantitative estimate of drug-likeness (QED) is 0.668. The molecule has 0 aliphatic heterocycles. The molecule has 0 fully saturated rings. The minimum absolute atomic E-state index is 0.163. The summed E-state index contributed by atoms with van der Waals surface area (Å²) in [6.45, 7) is 0.489. The average molecular weight is 182 g/mol. The summed E-state index contributed by atoms with van der Waals surface area (Å²) in [4.78, 5) is 15.4. The van der Waals surface area contributed by atoms with Crippen LogP contribution < -0.4 is 0 Å². The van der Waals surface area contributed by atoms with Gasteiger partial charge in [0.15, 0.2) is 0 Å². The molecule has 0 N–H and O–H groups in total. The highest BCUT2D eigenvalue weighted by atomic mass is 16.5. The second-order valence-corrected chi connectivity index (χ2v) is 2.91. The molecule has 0 saturated heterocycles. The van der Waals surface area contributed by atoms with Crippen molar-refractivity contribution in [3.05, 3.63) is 18.2 Å². The van der Waals surface area contributed by atoms with Crippen molar-refractivity contribution >= 4 is 5.78 Å². The predicted octanol–water partition coefficient (Wildman–Crippen LogP) is 0.568. The molecule has 1 heterocycles. The summed E-state index contributed by atoms with van der Waals surface area (Å²) in [5, 5.41) is 0. The second-order valence-electron chi connectivity index (χ2n) is 2.91. The van der Waals surface area contributed by atoms with Gasteiger partial charge >= 0.3 is 0 Å². The van der Waals surface area contributed by atoms with Gasteiger partial charge in [-0.2, -0.15) is 0 Å². The smallest absolute Gasteiger partial charge is 0.142 e. The minimum atomic E-state index is 0.163. The number of nitrogens with zero attached hydrogens (tertiary/aromatic N) is 2. The van der Waals surface area contributed by atoms with Gasteiger partial charge in [-0.3, -0.25) is 4.79 Å². The zero-order valence-electron chi connectivity index (χ0n) is 7.99. The molecule has 0 aliphatic rings. The molecule has 4 nitrogen and oxygen atoms in total. The minimum Gasteiger partial charge on any atom is -0.384 e. The monoisotopic (exact) mass is 182 g/mol. The molecule has 1 aromatic rings. The van der Waals surface area contributed by atoms with Crippen LogP contribution in [0.2, 0.25) is 0 Å². The van der Waals surface area contributed by atoms with Gasteiger partial charge < -0.3 is 9.30 Å². The van der Waals surface area contributed by atoms with Crippen molar-refractivity contribution in [1.82, 2.24) is 9.55 Å². The van der Waals surface area contributed by atoms with Gasteiger partial charge in [-0.1, -0.05) is 0 Å². The maximum Gasteiger partial charge on any atom is 0.142 e. The second kappa shape index (κ2) is 4.77. The van der Waals surface area contributed by atoms with E-state index in [4.69, 9.17) is 4.74 Å². The summed E-state index contributed by atoms with van der Waals surface area (Å²) in [6.07, 6.45) is 4.38. The van der Waals surface area contributed by atoms with Gasteiger partial charge in [0, 0.05) is 33.0 Å². The van der Waals surface area contributed by atoms with Crippen molar-refractivity contribution in [3.8, 4) is 0 Å². The van der Waals surface area contributed by atoms with Crippen LogP contribution in [0.4, 0.5) is 0 Å². The summed E-state index contributed by atoms with van der Waals surface area (Å²) in [6, 6.07) is 0. The van der Waals surface area contributed by atoms with E-state index in [1.54, 1.807) is 13.3 Å². The fourth-order valence-electron chi connectivity index (χ4n) is 1.05. The lowest BCUT2D eigenvalue weighted by molar-refractivity contribution is -0.119. The van der Waals surface area contributed by atoms with Crippen LogP contribution in [0.1, 0.15) is 12.2 Å². The molecule has 0 amide bonds. The number of carbonyl (C=O) groups excluding carboxylic acids is 1. The Kier molecular flexibility index (Phi) is 3.64. The van der Waals surface area contributed by atoms with Crippen molar-refractivity contribution in [2.45, 2.75) is 12.8 Å². The van der Waals surface area contributed by atoms with E-state index in [1.807, 2.05) is 17.8 Å². The molecule has 13 heavy (non-hydrogen) atoms. The Hall–Kier alpha value is -1.16. The summed E-state index contributed by atoms with van der Waals surface area (Å²) in [5.41, 5.74) is 0. The Bertz CT molecular complexity index is 281. The van der Waals surface area contributed by atoms with Crippen LogP contribution in [0, 0.1) is 0 Å². The van der Waals surface area contributed by atoms with Crippen LogP contribution in [0.3, 0.4) is 0 Å². The highest BCUT2D eigenvalue weighted by Crippen LogP contribution is 1.98. The highest BCUT2D eigenvalue weighted by molar-refractivity contribution is 5.80. The van der Waals surface area contributed by atoms with Gasteiger partial charge in [-0.05, 0) is 0 Å². The molecule has 0 bridgehead atoms. The first-order valence-electron chi connectivity index (χ1n) is 4.21. The maximum absolute atomic E-state index is 11.3. The lowest BCUT2D eigenvalue weighted by Gasteiger charge is -2.00. The van der Waals surface area contributed by atoms with E-state index >= 15 is 0 Å². The SMILES string of the molecule is COCCC(=O)Cc1nccn1C. The molecule has 72 valence electrons. The topological polar surface area (TPSA) is 44.1 Å². The van der Waals surface area contributed by atoms with E-state index < -0.39 is 0 Å². The van der Waals surface area contributed by atoms with Crippen molar-refractivity contribution in [3.63, 3.8) is 0 Å². The summed E-state index contributed by atoms with van der Waals surface area (Å²) >= 11 is 0. The highest BCUT2D eigenvalue weighted by Gasteiger charge is 2.06. The largest absolute Gasteiger partial charge is 0.384 e. The molecule has 0 aromatic carbocycles. The summed E-state index contributed by atoms with van der Waals surface area (Å²) in [7, 11) is 3.47. The number of imidazole rings is 1. The predicted molar refractivity (Wildman–Crippen MR) is 48.4 cm³/mol. The number of carbonyl (C=O) groups is 1. The number of Topliss-reactive ketones (excluding diaryl/α,β-unsaturated/α-hetero) is 1. The third-order valence-electron chi connectivity index (χ3n) is 1.86. The third kappa shape index (κ3) is 2.99. The van der Waals surface area contributed by atoms with E-state index in [1.165, 1.54) is 0 Å². The van der Waals surface area contributed by atoms with Gasteiger partial charge in [0.25, 0.3) is 0 Å². The Labute approximate surface area is 77.5 Å². The molecule has 0 unspecified atom stereocenters. The van der Waals surface area contributed by atoms with Crippen LogP contribution in [0.15, 0.2) is 12.4 Å². The molecule has 0 atom stereocenters. The van der Waals surface area contributed by atoms with Crippen molar-refractivity contribution in [2.24, 2.45) is 7.05 Å². The number of aryl methyl sites for hydroxylation is 1. The Morgan fingerprint density at radius 1 is 1.69 bits per heavy atom. The zero-order valence-corrected chi connectivity index (χ0v) is 7.99. The van der Waals surface area contributed by atoms with Crippen molar-refractivity contribution in [1.29, 1.82) is 0 Å². The number of ether oxygens (including phenoxy) is 1. The first-order valence-corrected chi connectivity index (χ1v) is 4.21. The third-order valence-corrected chi connectivity index (χ3v) is 1.86. The zero-order chi connectivity index (χ0) is 9.68. The van der Waals surface area contributed by atoms with E-state index in [0.717, 1.165) is 5.82 Å². The number of ketones is 1. The van der Waals surface area contributed by atoms with Gasteiger partial charge in [-0.25, -0.2) is 4.98 Å². The standard InChI is InChI=1S/C9H14N2O2/c1-11-5-4-10-9(11)7-8(12)3-6-13-2/h4-5H,3,6-7H2,1-2H3. The van der Waals surface area contributed by atoms with Gasteiger partial charge in [0.1, 0.15) is 11.6 Å². The Balaban J connectivity index is 2.41. The van der Waals surface area contributed by atoms with Crippen molar-refractivity contribution < 1.29 is 9.53 Å². The molecular weight excluding hydrogens is 168 g/mol. The number of rotatable bonds is 5. The lowest BCUT2D eigenvalue weighted by Crippen LogP contribution is -2.09. The van der Waals surface area contributed by atoms with Crippen LogP contribution in [-0.4, -0.2) is 29.1 Å². The molecule has 0 spiro atoms. The van der Waals surface area contributed by atoms with Gasteiger partial charge in [0.05, 0.1) is 13.0 Å². The normalized spacial score (nSPS) is 10.3. The van der Waals surface area contributed by atoms with Gasteiger partial charge in [0.2, 0.25) is 0 Å². The van der Waals surface area contributed by atoms with Crippen LogP contribution in [0.5, 0.6) is 0 Å². The first kappa shape index (κ1) is 9.92. The van der Waals surface area contributed by atoms with Crippen LogP contribution in [-0.2, 0) is 23.0 Å². The number of hydrogen-bond donors (Lipinski definition) is 0. The van der Waals surface area contributed by atoms with E-state index in [2.05, 4.69) is 4.98 Å². The van der Waals surface area contributed by atoms with E-state index in [0.29, 0.717) is 19.4 Å². The number of hydrogen-bond acceptors (Lipinski definition) is 3. The Morgan fingerprint density at radius 3 is 3.00 bits per heavy atom. The number of aromatic nitrogens is 2. The van der Waals surface area contributed by atoms with E-state index in [-0.39, 0.29) is 5.78 Å². The molecular formula is C9H14N2O2. The van der Waals surface area contributed by atoms with Crippen LogP contribution in [0.25, 0.3) is 0 Å². The number of methoxy groups -OCH3 is 1. The Morgan fingerprint density at radius 2 is 2.46 bits per heavy atom.